The lowest BCUT2D eigenvalue weighted by molar-refractivity contribution is 0.198. The molecule has 1 aliphatic rings. The van der Waals surface area contributed by atoms with Crippen molar-refractivity contribution in [1.82, 2.24) is 20.2 Å². The van der Waals surface area contributed by atoms with Crippen LogP contribution in [0.25, 0.3) is 0 Å². The number of rotatable bonds is 6. The molecule has 1 fully saturated rings. The Bertz CT molecular complexity index is 288. The normalized spacial score (nSPS) is 18.6. The van der Waals surface area contributed by atoms with Crippen molar-refractivity contribution in [3.8, 4) is 0 Å². The molecule has 0 aliphatic carbocycles. The van der Waals surface area contributed by atoms with E-state index in [2.05, 4.69) is 27.1 Å². The average Bonchev–Trinajstić information content (AvgIpc) is 2.85. The zero-order valence-corrected chi connectivity index (χ0v) is 10.8. The zero-order valence-electron chi connectivity index (χ0n) is 10.8. The summed E-state index contributed by atoms with van der Waals surface area (Å²) in [5.74, 6) is 0. The Morgan fingerprint density at radius 1 is 1.47 bits per heavy atom. The van der Waals surface area contributed by atoms with Crippen molar-refractivity contribution >= 4 is 0 Å². The molecule has 17 heavy (non-hydrogen) atoms. The highest BCUT2D eigenvalue weighted by molar-refractivity contribution is 4.94. The SMILES string of the molecule is CCCN1CCC(NCCc2cnc[nH]2)CC1. The van der Waals surface area contributed by atoms with E-state index in [0.29, 0.717) is 6.04 Å². The molecule has 2 heterocycles. The second kappa shape index (κ2) is 6.77. The van der Waals surface area contributed by atoms with Gasteiger partial charge in [0.15, 0.2) is 0 Å². The topological polar surface area (TPSA) is 44.0 Å². The Labute approximate surface area is 104 Å². The predicted molar refractivity (Wildman–Crippen MR) is 70.0 cm³/mol. The standard InChI is InChI=1S/C13H24N4/c1-2-7-17-8-4-12(5-9-17)15-6-3-13-10-14-11-16-13/h10-12,15H,2-9H2,1H3,(H,14,16). The van der Waals surface area contributed by atoms with Crippen molar-refractivity contribution in [3.63, 3.8) is 0 Å². The average molecular weight is 236 g/mol. The summed E-state index contributed by atoms with van der Waals surface area (Å²) in [4.78, 5) is 9.74. The van der Waals surface area contributed by atoms with Crippen LogP contribution in [-0.4, -0.2) is 47.1 Å². The number of hydrogen-bond donors (Lipinski definition) is 2. The predicted octanol–water partition coefficient (Wildman–Crippen LogP) is 1.42. The number of nitrogens with zero attached hydrogens (tertiary/aromatic N) is 2. The smallest absolute Gasteiger partial charge is 0.0921 e. The van der Waals surface area contributed by atoms with Crippen LogP contribution >= 0.6 is 0 Å². The fourth-order valence-corrected chi connectivity index (χ4v) is 2.51. The fourth-order valence-electron chi connectivity index (χ4n) is 2.51. The molecule has 4 nitrogen and oxygen atoms in total. The molecular formula is C13H24N4. The number of hydrogen-bond acceptors (Lipinski definition) is 3. The van der Waals surface area contributed by atoms with Crippen molar-refractivity contribution in [2.75, 3.05) is 26.2 Å². The zero-order chi connectivity index (χ0) is 11.9. The van der Waals surface area contributed by atoms with Gasteiger partial charge in [0, 0.05) is 30.9 Å². The minimum Gasteiger partial charge on any atom is -0.348 e. The fraction of sp³-hybridized carbons (Fsp3) is 0.769. The van der Waals surface area contributed by atoms with Crippen LogP contribution in [0.2, 0.25) is 0 Å². The lowest BCUT2D eigenvalue weighted by Crippen LogP contribution is -2.43. The Balaban J connectivity index is 1.58. The summed E-state index contributed by atoms with van der Waals surface area (Å²) < 4.78 is 0. The minimum absolute atomic E-state index is 0.714. The van der Waals surface area contributed by atoms with Crippen molar-refractivity contribution in [1.29, 1.82) is 0 Å². The van der Waals surface area contributed by atoms with Gasteiger partial charge < -0.3 is 15.2 Å². The van der Waals surface area contributed by atoms with Crippen molar-refractivity contribution in [3.05, 3.63) is 18.2 Å². The first-order chi connectivity index (χ1) is 8.38. The third-order valence-corrected chi connectivity index (χ3v) is 3.51. The summed E-state index contributed by atoms with van der Waals surface area (Å²) in [5.41, 5.74) is 1.22. The molecule has 2 rings (SSSR count). The molecule has 1 aromatic rings. The monoisotopic (exact) mass is 236 g/mol. The summed E-state index contributed by atoms with van der Waals surface area (Å²) in [5, 5.41) is 3.65. The molecule has 4 heteroatoms. The summed E-state index contributed by atoms with van der Waals surface area (Å²) >= 11 is 0. The van der Waals surface area contributed by atoms with E-state index >= 15 is 0 Å². The van der Waals surface area contributed by atoms with E-state index in [0.717, 1.165) is 13.0 Å². The van der Waals surface area contributed by atoms with Gasteiger partial charge in [-0.3, -0.25) is 0 Å². The number of aromatic amines is 1. The lowest BCUT2D eigenvalue weighted by Gasteiger charge is -2.32. The molecule has 0 radical (unpaired) electrons. The Morgan fingerprint density at radius 3 is 2.94 bits per heavy atom. The van der Waals surface area contributed by atoms with Gasteiger partial charge in [0.2, 0.25) is 0 Å². The van der Waals surface area contributed by atoms with E-state index in [1.807, 2.05) is 6.20 Å². The number of aromatic nitrogens is 2. The summed E-state index contributed by atoms with van der Waals surface area (Å²) in [6.07, 6.45) is 8.57. The van der Waals surface area contributed by atoms with Crippen LogP contribution in [0.5, 0.6) is 0 Å². The van der Waals surface area contributed by atoms with Crippen molar-refractivity contribution in [2.24, 2.45) is 0 Å². The maximum atomic E-state index is 4.03. The van der Waals surface area contributed by atoms with E-state index < -0.39 is 0 Å². The van der Waals surface area contributed by atoms with E-state index in [-0.39, 0.29) is 0 Å². The van der Waals surface area contributed by atoms with Crippen LogP contribution in [0.1, 0.15) is 31.9 Å². The number of likely N-dealkylation sites (tertiary alicyclic amines) is 1. The molecule has 0 saturated carbocycles. The number of imidazole rings is 1. The molecule has 0 spiro atoms. The molecule has 96 valence electrons. The lowest BCUT2D eigenvalue weighted by atomic mass is 10.0. The number of H-pyrrole nitrogens is 1. The van der Waals surface area contributed by atoms with Gasteiger partial charge in [-0.15, -0.1) is 0 Å². The van der Waals surface area contributed by atoms with Gasteiger partial charge in [0.1, 0.15) is 0 Å². The number of nitrogens with one attached hydrogen (secondary N) is 2. The quantitative estimate of drug-likeness (QED) is 0.785. The Morgan fingerprint density at radius 2 is 2.29 bits per heavy atom. The maximum absolute atomic E-state index is 4.03. The third kappa shape index (κ3) is 4.13. The van der Waals surface area contributed by atoms with Gasteiger partial charge in [0.05, 0.1) is 6.33 Å². The Hall–Kier alpha value is -0.870. The van der Waals surface area contributed by atoms with Crippen LogP contribution in [0.15, 0.2) is 12.5 Å². The van der Waals surface area contributed by atoms with E-state index in [1.54, 1.807) is 6.33 Å². The molecule has 2 N–H and O–H groups in total. The van der Waals surface area contributed by atoms with Crippen molar-refractivity contribution in [2.45, 2.75) is 38.6 Å². The Kier molecular flexibility index (Phi) is 5.01. The summed E-state index contributed by atoms with van der Waals surface area (Å²) in [7, 11) is 0. The van der Waals surface area contributed by atoms with Crippen LogP contribution in [-0.2, 0) is 6.42 Å². The first kappa shape index (κ1) is 12.6. The highest BCUT2D eigenvalue weighted by atomic mass is 15.1. The highest BCUT2D eigenvalue weighted by Crippen LogP contribution is 2.10. The van der Waals surface area contributed by atoms with Gasteiger partial charge >= 0.3 is 0 Å². The van der Waals surface area contributed by atoms with E-state index in [4.69, 9.17) is 0 Å². The molecule has 0 unspecified atom stereocenters. The van der Waals surface area contributed by atoms with Crippen LogP contribution in [0.4, 0.5) is 0 Å². The van der Waals surface area contributed by atoms with E-state index in [9.17, 15) is 0 Å². The molecular weight excluding hydrogens is 212 g/mol. The van der Waals surface area contributed by atoms with Gasteiger partial charge in [-0.1, -0.05) is 6.92 Å². The van der Waals surface area contributed by atoms with Gasteiger partial charge in [-0.2, -0.15) is 0 Å². The maximum Gasteiger partial charge on any atom is 0.0921 e. The second-order valence-corrected chi connectivity index (χ2v) is 4.90. The first-order valence-electron chi connectivity index (χ1n) is 6.81. The van der Waals surface area contributed by atoms with Crippen molar-refractivity contribution < 1.29 is 0 Å². The number of piperidine rings is 1. The van der Waals surface area contributed by atoms with Crippen LogP contribution < -0.4 is 5.32 Å². The molecule has 1 aliphatic heterocycles. The summed E-state index contributed by atoms with van der Waals surface area (Å²) in [6.45, 7) is 7.10. The minimum atomic E-state index is 0.714. The van der Waals surface area contributed by atoms with Crippen LogP contribution in [0, 0.1) is 0 Å². The molecule has 0 amide bonds. The molecule has 0 atom stereocenters. The molecule has 0 bridgehead atoms. The molecule has 1 saturated heterocycles. The third-order valence-electron chi connectivity index (χ3n) is 3.51. The molecule has 1 aromatic heterocycles. The van der Waals surface area contributed by atoms with Gasteiger partial charge in [-0.05, 0) is 38.9 Å². The molecule has 0 aromatic carbocycles. The largest absolute Gasteiger partial charge is 0.348 e. The van der Waals surface area contributed by atoms with Gasteiger partial charge in [-0.25, -0.2) is 4.98 Å². The summed E-state index contributed by atoms with van der Waals surface area (Å²) in [6, 6.07) is 0.714. The van der Waals surface area contributed by atoms with E-state index in [1.165, 1.54) is 44.6 Å². The second-order valence-electron chi connectivity index (χ2n) is 4.90. The van der Waals surface area contributed by atoms with Crippen LogP contribution in [0.3, 0.4) is 0 Å². The van der Waals surface area contributed by atoms with Gasteiger partial charge in [0.25, 0.3) is 0 Å². The first-order valence-corrected chi connectivity index (χ1v) is 6.81. The highest BCUT2D eigenvalue weighted by Gasteiger charge is 2.17.